The molecule has 0 saturated heterocycles. The van der Waals surface area contributed by atoms with Crippen molar-refractivity contribution in [1.82, 2.24) is 5.32 Å². The summed E-state index contributed by atoms with van der Waals surface area (Å²) in [5.41, 5.74) is 2.52. The molecule has 0 saturated carbocycles. The highest BCUT2D eigenvalue weighted by Gasteiger charge is 1.99. The first kappa shape index (κ1) is 11.1. The Morgan fingerprint density at radius 2 is 2.14 bits per heavy atom. The number of aryl methyl sites for hydroxylation is 1. The van der Waals surface area contributed by atoms with Crippen molar-refractivity contribution in [3.05, 3.63) is 35.4 Å². The van der Waals surface area contributed by atoms with Crippen LogP contribution < -0.4 is 5.32 Å². The third-order valence-corrected chi connectivity index (χ3v) is 2.34. The molecule has 3 heteroatoms. The molecule has 0 radical (unpaired) electrons. The molecule has 0 atom stereocenters. The second-order valence-corrected chi connectivity index (χ2v) is 3.43. The summed E-state index contributed by atoms with van der Waals surface area (Å²) in [7, 11) is 0. The van der Waals surface area contributed by atoms with Gasteiger partial charge in [-0.2, -0.15) is 0 Å². The van der Waals surface area contributed by atoms with Gasteiger partial charge in [-0.1, -0.05) is 24.3 Å². The molecule has 1 aromatic carbocycles. The summed E-state index contributed by atoms with van der Waals surface area (Å²) in [6.45, 7) is 2.72. The van der Waals surface area contributed by atoms with E-state index in [1.165, 1.54) is 11.1 Å². The SMILES string of the molecule is Cc1ccccc1CCNC(=O)CCl. The first-order chi connectivity index (χ1) is 6.74. The van der Waals surface area contributed by atoms with Crippen molar-refractivity contribution in [3.8, 4) is 0 Å². The molecule has 76 valence electrons. The second-order valence-electron chi connectivity index (χ2n) is 3.16. The highest BCUT2D eigenvalue weighted by molar-refractivity contribution is 6.27. The number of benzene rings is 1. The number of alkyl halides is 1. The lowest BCUT2D eigenvalue weighted by Gasteiger charge is -2.05. The molecule has 0 spiro atoms. The summed E-state index contributed by atoms with van der Waals surface area (Å²) in [6.07, 6.45) is 0.856. The molecular formula is C11H14ClNO. The monoisotopic (exact) mass is 211 g/mol. The molecule has 0 unspecified atom stereocenters. The molecular weight excluding hydrogens is 198 g/mol. The summed E-state index contributed by atoms with van der Waals surface area (Å²) in [4.78, 5) is 10.8. The van der Waals surface area contributed by atoms with Crippen LogP contribution in [0.2, 0.25) is 0 Å². The third kappa shape index (κ3) is 3.38. The zero-order valence-corrected chi connectivity index (χ0v) is 8.97. The number of hydrogen-bond donors (Lipinski definition) is 1. The van der Waals surface area contributed by atoms with Gasteiger partial charge in [-0.15, -0.1) is 11.6 Å². The van der Waals surface area contributed by atoms with E-state index in [2.05, 4.69) is 24.4 Å². The Balaban J connectivity index is 2.39. The molecule has 0 aliphatic rings. The maximum Gasteiger partial charge on any atom is 0.234 e. The molecule has 1 rings (SSSR count). The quantitative estimate of drug-likeness (QED) is 0.758. The van der Waals surface area contributed by atoms with Crippen LogP contribution in [0.25, 0.3) is 0 Å². The van der Waals surface area contributed by atoms with Gasteiger partial charge in [0.05, 0.1) is 0 Å². The van der Waals surface area contributed by atoms with E-state index >= 15 is 0 Å². The van der Waals surface area contributed by atoms with Gasteiger partial charge in [0, 0.05) is 6.54 Å². The minimum atomic E-state index is -0.111. The van der Waals surface area contributed by atoms with Crippen molar-refractivity contribution in [2.75, 3.05) is 12.4 Å². The van der Waals surface area contributed by atoms with E-state index in [9.17, 15) is 4.79 Å². The Bertz CT molecular complexity index is 312. The molecule has 0 fully saturated rings. The third-order valence-electron chi connectivity index (χ3n) is 2.10. The predicted octanol–water partition coefficient (Wildman–Crippen LogP) is 1.89. The van der Waals surface area contributed by atoms with Crippen LogP contribution in [0, 0.1) is 6.92 Å². The predicted molar refractivity (Wildman–Crippen MR) is 58.6 cm³/mol. The first-order valence-electron chi connectivity index (χ1n) is 4.61. The lowest BCUT2D eigenvalue weighted by atomic mass is 10.1. The van der Waals surface area contributed by atoms with Crippen LogP contribution in [0.3, 0.4) is 0 Å². The number of carbonyl (C=O) groups is 1. The highest BCUT2D eigenvalue weighted by Crippen LogP contribution is 2.06. The van der Waals surface area contributed by atoms with Gasteiger partial charge in [0.2, 0.25) is 5.91 Å². The van der Waals surface area contributed by atoms with E-state index < -0.39 is 0 Å². The fraction of sp³-hybridized carbons (Fsp3) is 0.364. The Labute approximate surface area is 89.3 Å². The molecule has 1 N–H and O–H groups in total. The van der Waals surface area contributed by atoms with Crippen LogP contribution in [0.15, 0.2) is 24.3 Å². The number of halogens is 1. The molecule has 0 aromatic heterocycles. The summed E-state index contributed by atoms with van der Waals surface area (Å²) in [6, 6.07) is 8.16. The lowest BCUT2D eigenvalue weighted by molar-refractivity contribution is -0.118. The summed E-state index contributed by atoms with van der Waals surface area (Å²) in [5.74, 6) is -0.0754. The Morgan fingerprint density at radius 1 is 1.43 bits per heavy atom. The average molecular weight is 212 g/mol. The van der Waals surface area contributed by atoms with Gasteiger partial charge in [0.1, 0.15) is 5.88 Å². The van der Waals surface area contributed by atoms with Crippen LogP contribution in [0.1, 0.15) is 11.1 Å². The minimum absolute atomic E-state index is 0.0355. The van der Waals surface area contributed by atoms with Gasteiger partial charge in [0.15, 0.2) is 0 Å². The van der Waals surface area contributed by atoms with E-state index in [0.29, 0.717) is 6.54 Å². The van der Waals surface area contributed by atoms with Crippen LogP contribution in [0.5, 0.6) is 0 Å². The Morgan fingerprint density at radius 3 is 2.79 bits per heavy atom. The van der Waals surface area contributed by atoms with Crippen LogP contribution in [-0.4, -0.2) is 18.3 Å². The fourth-order valence-corrected chi connectivity index (χ4v) is 1.37. The van der Waals surface area contributed by atoms with E-state index in [0.717, 1.165) is 6.42 Å². The summed E-state index contributed by atoms with van der Waals surface area (Å²) in [5, 5.41) is 2.74. The zero-order valence-electron chi connectivity index (χ0n) is 8.22. The van der Waals surface area contributed by atoms with Crippen LogP contribution in [-0.2, 0) is 11.2 Å². The van der Waals surface area contributed by atoms with Crippen molar-refractivity contribution in [3.63, 3.8) is 0 Å². The second kappa shape index (κ2) is 5.66. The average Bonchev–Trinajstić information content (AvgIpc) is 2.20. The Hall–Kier alpha value is -1.02. The van der Waals surface area contributed by atoms with Crippen molar-refractivity contribution in [2.45, 2.75) is 13.3 Å². The fourth-order valence-electron chi connectivity index (χ4n) is 1.27. The van der Waals surface area contributed by atoms with E-state index in [4.69, 9.17) is 11.6 Å². The topological polar surface area (TPSA) is 29.1 Å². The molecule has 1 amide bonds. The number of amides is 1. The minimum Gasteiger partial charge on any atom is -0.355 e. The largest absolute Gasteiger partial charge is 0.355 e. The van der Waals surface area contributed by atoms with Gasteiger partial charge in [-0.3, -0.25) is 4.79 Å². The van der Waals surface area contributed by atoms with Crippen molar-refractivity contribution >= 4 is 17.5 Å². The molecule has 0 aliphatic carbocycles. The molecule has 1 aromatic rings. The van der Waals surface area contributed by atoms with E-state index in [1.54, 1.807) is 0 Å². The number of nitrogens with one attached hydrogen (secondary N) is 1. The van der Waals surface area contributed by atoms with Crippen molar-refractivity contribution in [2.24, 2.45) is 0 Å². The van der Waals surface area contributed by atoms with Crippen molar-refractivity contribution < 1.29 is 4.79 Å². The van der Waals surface area contributed by atoms with Gasteiger partial charge in [-0.05, 0) is 24.5 Å². The molecule has 0 aliphatic heterocycles. The number of carbonyl (C=O) groups excluding carboxylic acids is 1. The Kier molecular flexibility index (Phi) is 4.47. The van der Waals surface area contributed by atoms with Crippen LogP contribution >= 0.6 is 11.6 Å². The molecule has 0 bridgehead atoms. The van der Waals surface area contributed by atoms with Gasteiger partial charge < -0.3 is 5.32 Å². The lowest BCUT2D eigenvalue weighted by Crippen LogP contribution is -2.26. The summed E-state index contributed by atoms with van der Waals surface area (Å²) >= 11 is 5.35. The van der Waals surface area contributed by atoms with E-state index in [1.807, 2.05) is 12.1 Å². The van der Waals surface area contributed by atoms with E-state index in [-0.39, 0.29) is 11.8 Å². The molecule has 2 nitrogen and oxygen atoms in total. The normalized spacial score (nSPS) is 9.86. The number of rotatable bonds is 4. The maximum atomic E-state index is 10.8. The maximum absolute atomic E-state index is 10.8. The number of hydrogen-bond acceptors (Lipinski definition) is 1. The van der Waals surface area contributed by atoms with Crippen molar-refractivity contribution in [1.29, 1.82) is 0 Å². The zero-order chi connectivity index (χ0) is 10.4. The molecule has 0 heterocycles. The van der Waals surface area contributed by atoms with Gasteiger partial charge in [-0.25, -0.2) is 0 Å². The highest BCUT2D eigenvalue weighted by atomic mass is 35.5. The summed E-state index contributed by atoms with van der Waals surface area (Å²) < 4.78 is 0. The van der Waals surface area contributed by atoms with Gasteiger partial charge in [0.25, 0.3) is 0 Å². The standard InChI is InChI=1S/C11H14ClNO/c1-9-4-2-3-5-10(9)6-7-13-11(14)8-12/h2-5H,6-8H2,1H3,(H,13,14). The molecule has 14 heavy (non-hydrogen) atoms. The smallest absolute Gasteiger partial charge is 0.234 e. The first-order valence-corrected chi connectivity index (χ1v) is 5.14. The van der Waals surface area contributed by atoms with Gasteiger partial charge >= 0.3 is 0 Å². The van der Waals surface area contributed by atoms with Crippen LogP contribution in [0.4, 0.5) is 0 Å².